The maximum Gasteiger partial charge on any atom is 0.309 e. The first-order valence-corrected chi connectivity index (χ1v) is 8.98. The van der Waals surface area contributed by atoms with Crippen molar-refractivity contribution in [1.29, 1.82) is 0 Å². The number of guanidine groups is 1. The van der Waals surface area contributed by atoms with Crippen LogP contribution in [-0.4, -0.2) is 56.7 Å². The highest BCUT2D eigenvalue weighted by Crippen LogP contribution is 2.18. The molecular weight excluding hydrogens is 445 g/mol. The van der Waals surface area contributed by atoms with Gasteiger partial charge in [0.25, 0.3) is 0 Å². The number of hydrogen-bond acceptors (Lipinski definition) is 4. The largest absolute Gasteiger partial charge is 0.466 e. The molecule has 1 heterocycles. The zero-order chi connectivity index (χ0) is 17.9. The minimum Gasteiger partial charge on any atom is -0.466 e. The lowest BCUT2D eigenvalue weighted by Crippen LogP contribution is -2.47. The summed E-state index contributed by atoms with van der Waals surface area (Å²) in [6, 6.07) is 10.1. The van der Waals surface area contributed by atoms with Crippen molar-refractivity contribution in [3.05, 3.63) is 35.9 Å². The Kier molecular flexibility index (Phi) is 11.3. The molecule has 6 nitrogen and oxygen atoms in total. The second kappa shape index (κ2) is 12.9. The predicted octanol–water partition coefficient (Wildman–Crippen LogP) is 2.67. The van der Waals surface area contributed by atoms with Crippen LogP contribution < -0.4 is 5.32 Å². The number of carbonyl (C=O) groups excluding carboxylic acids is 1. The van der Waals surface area contributed by atoms with Crippen LogP contribution in [0.3, 0.4) is 0 Å². The summed E-state index contributed by atoms with van der Waals surface area (Å²) in [5.41, 5.74) is 1.17. The number of rotatable bonds is 7. The fourth-order valence-corrected chi connectivity index (χ4v) is 2.92. The fourth-order valence-electron chi connectivity index (χ4n) is 2.92. The molecule has 1 saturated heterocycles. The average Bonchev–Trinajstić information content (AvgIpc) is 2.66. The molecule has 0 aliphatic carbocycles. The van der Waals surface area contributed by atoms with E-state index in [1.54, 1.807) is 7.05 Å². The molecule has 0 bridgehead atoms. The summed E-state index contributed by atoms with van der Waals surface area (Å²) in [5, 5.41) is 3.33. The smallest absolute Gasteiger partial charge is 0.309 e. The van der Waals surface area contributed by atoms with Crippen molar-refractivity contribution < 1.29 is 14.3 Å². The van der Waals surface area contributed by atoms with Crippen LogP contribution in [-0.2, 0) is 20.9 Å². The molecule has 7 heteroatoms. The Balaban J connectivity index is 0.00000338. The van der Waals surface area contributed by atoms with Crippen LogP contribution in [0.4, 0.5) is 0 Å². The SMILES string of the molecule is CCOC(=O)C1CCN(C(=NC)NCCOCc2ccccc2)CC1.I. The standard InChI is InChI=1S/C19H29N3O3.HI/c1-3-25-18(23)17-9-12-22(13-10-17)19(20-2)21-11-14-24-15-16-7-5-4-6-8-16;/h4-8,17H,3,9-15H2,1-2H3,(H,20,21);1H. The van der Waals surface area contributed by atoms with E-state index < -0.39 is 0 Å². The van der Waals surface area contributed by atoms with E-state index in [1.165, 1.54) is 5.56 Å². The van der Waals surface area contributed by atoms with Gasteiger partial charge in [-0.1, -0.05) is 30.3 Å². The molecule has 1 aromatic rings. The van der Waals surface area contributed by atoms with Crippen molar-refractivity contribution in [2.75, 3.05) is 39.9 Å². The maximum absolute atomic E-state index is 11.8. The Morgan fingerprint density at radius 2 is 1.96 bits per heavy atom. The summed E-state index contributed by atoms with van der Waals surface area (Å²) < 4.78 is 10.8. The van der Waals surface area contributed by atoms with E-state index >= 15 is 0 Å². The predicted molar refractivity (Wildman–Crippen MR) is 114 cm³/mol. The zero-order valence-corrected chi connectivity index (χ0v) is 18.0. The molecule has 0 atom stereocenters. The molecular formula is C19H30IN3O3. The van der Waals surface area contributed by atoms with E-state index in [-0.39, 0.29) is 35.9 Å². The molecule has 1 aliphatic rings. The Morgan fingerprint density at radius 3 is 2.58 bits per heavy atom. The summed E-state index contributed by atoms with van der Waals surface area (Å²) in [7, 11) is 1.78. The van der Waals surface area contributed by atoms with Crippen molar-refractivity contribution in [3.8, 4) is 0 Å². The highest BCUT2D eigenvalue weighted by Gasteiger charge is 2.27. The summed E-state index contributed by atoms with van der Waals surface area (Å²) in [5.74, 6) is 0.813. The molecule has 0 aromatic heterocycles. The number of nitrogens with one attached hydrogen (secondary N) is 1. The van der Waals surface area contributed by atoms with E-state index in [4.69, 9.17) is 9.47 Å². The number of likely N-dealkylation sites (tertiary alicyclic amines) is 1. The number of aliphatic imine (C=N–C) groups is 1. The van der Waals surface area contributed by atoms with Crippen molar-refractivity contribution in [3.63, 3.8) is 0 Å². The molecule has 0 radical (unpaired) electrons. The molecule has 146 valence electrons. The molecule has 0 spiro atoms. The van der Waals surface area contributed by atoms with Crippen LogP contribution in [0.2, 0.25) is 0 Å². The Morgan fingerprint density at radius 1 is 1.27 bits per heavy atom. The second-order valence-electron chi connectivity index (χ2n) is 6.03. The van der Waals surface area contributed by atoms with Gasteiger partial charge in [-0.25, -0.2) is 0 Å². The van der Waals surface area contributed by atoms with Crippen LogP contribution in [0.5, 0.6) is 0 Å². The minimum absolute atomic E-state index is 0. The van der Waals surface area contributed by atoms with Gasteiger partial charge in [-0.15, -0.1) is 24.0 Å². The van der Waals surface area contributed by atoms with Crippen molar-refractivity contribution in [2.45, 2.75) is 26.4 Å². The van der Waals surface area contributed by atoms with Gasteiger partial charge < -0.3 is 19.7 Å². The van der Waals surface area contributed by atoms with Crippen molar-refractivity contribution >= 4 is 35.9 Å². The van der Waals surface area contributed by atoms with Gasteiger partial charge in [-0.3, -0.25) is 9.79 Å². The Bertz CT molecular complexity index is 546. The molecule has 1 aromatic carbocycles. The fraction of sp³-hybridized carbons (Fsp3) is 0.579. The third-order valence-corrected chi connectivity index (χ3v) is 4.27. The monoisotopic (exact) mass is 475 g/mol. The zero-order valence-electron chi connectivity index (χ0n) is 15.6. The molecule has 1 N–H and O–H groups in total. The van der Waals surface area contributed by atoms with Crippen LogP contribution in [0.1, 0.15) is 25.3 Å². The lowest BCUT2D eigenvalue weighted by atomic mass is 9.97. The van der Waals surface area contributed by atoms with Gasteiger partial charge in [-0.2, -0.15) is 0 Å². The van der Waals surface area contributed by atoms with E-state index in [2.05, 4.69) is 27.3 Å². The van der Waals surface area contributed by atoms with E-state index in [0.29, 0.717) is 26.4 Å². The highest BCUT2D eigenvalue weighted by atomic mass is 127. The number of hydrogen-bond donors (Lipinski definition) is 1. The highest BCUT2D eigenvalue weighted by molar-refractivity contribution is 14.0. The quantitative estimate of drug-likeness (QED) is 0.216. The lowest BCUT2D eigenvalue weighted by Gasteiger charge is -2.33. The van der Waals surface area contributed by atoms with Crippen LogP contribution in [0.25, 0.3) is 0 Å². The van der Waals surface area contributed by atoms with Gasteiger partial charge in [-0.05, 0) is 25.3 Å². The van der Waals surface area contributed by atoms with Crippen molar-refractivity contribution in [2.24, 2.45) is 10.9 Å². The summed E-state index contributed by atoms with van der Waals surface area (Å²) in [4.78, 5) is 18.3. The summed E-state index contributed by atoms with van der Waals surface area (Å²) in [6.07, 6.45) is 1.62. The molecule has 26 heavy (non-hydrogen) atoms. The van der Waals surface area contributed by atoms with Crippen LogP contribution >= 0.6 is 24.0 Å². The van der Waals surface area contributed by atoms with Crippen molar-refractivity contribution in [1.82, 2.24) is 10.2 Å². The first-order valence-electron chi connectivity index (χ1n) is 8.98. The first-order chi connectivity index (χ1) is 12.2. The van der Waals surface area contributed by atoms with Gasteiger partial charge in [0.15, 0.2) is 5.96 Å². The number of nitrogens with zero attached hydrogens (tertiary/aromatic N) is 2. The first kappa shape index (κ1) is 22.7. The number of piperidine rings is 1. The topological polar surface area (TPSA) is 63.2 Å². The van der Waals surface area contributed by atoms with Gasteiger partial charge in [0.1, 0.15) is 0 Å². The Hall–Kier alpha value is -1.35. The van der Waals surface area contributed by atoms with Gasteiger partial charge in [0.2, 0.25) is 0 Å². The number of esters is 1. The van der Waals surface area contributed by atoms with Crippen LogP contribution in [0, 0.1) is 5.92 Å². The van der Waals surface area contributed by atoms with E-state index in [0.717, 1.165) is 31.9 Å². The molecule has 2 rings (SSSR count). The molecule has 0 saturated carbocycles. The third kappa shape index (κ3) is 7.49. The van der Waals surface area contributed by atoms with Crippen LogP contribution in [0.15, 0.2) is 35.3 Å². The molecule has 0 unspecified atom stereocenters. The molecule has 0 amide bonds. The number of benzene rings is 1. The number of halogens is 1. The molecule has 1 aliphatic heterocycles. The Labute approximate surface area is 173 Å². The van der Waals surface area contributed by atoms with E-state index in [9.17, 15) is 4.79 Å². The molecule has 1 fully saturated rings. The van der Waals surface area contributed by atoms with E-state index in [1.807, 2.05) is 25.1 Å². The second-order valence-corrected chi connectivity index (χ2v) is 6.03. The average molecular weight is 475 g/mol. The number of carbonyl (C=O) groups is 1. The normalized spacial score (nSPS) is 15.3. The number of ether oxygens (including phenoxy) is 2. The maximum atomic E-state index is 11.8. The third-order valence-electron chi connectivity index (χ3n) is 4.27. The summed E-state index contributed by atoms with van der Waals surface area (Å²) in [6.45, 7) is 5.86. The lowest BCUT2D eigenvalue weighted by molar-refractivity contribution is -0.149. The minimum atomic E-state index is -0.0700. The van der Waals surface area contributed by atoms with Gasteiger partial charge in [0.05, 0.1) is 25.7 Å². The van der Waals surface area contributed by atoms with Gasteiger partial charge >= 0.3 is 5.97 Å². The summed E-state index contributed by atoms with van der Waals surface area (Å²) >= 11 is 0. The van der Waals surface area contributed by atoms with Gasteiger partial charge in [0, 0.05) is 26.7 Å².